The Hall–Kier alpha value is -3.66. The largest absolute Gasteiger partial charge is 0.436 e. The number of amides is 1. The van der Waals surface area contributed by atoms with Gasteiger partial charge in [-0.3, -0.25) is 4.79 Å². The molecule has 0 aliphatic rings. The molecule has 27 heavy (non-hydrogen) atoms. The van der Waals surface area contributed by atoms with Gasteiger partial charge in [-0.05, 0) is 54.5 Å². The van der Waals surface area contributed by atoms with Crippen molar-refractivity contribution < 1.29 is 9.21 Å². The third-order valence-electron chi connectivity index (χ3n) is 4.15. The Morgan fingerprint density at radius 1 is 1.00 bits per heavy atom. The molecule has 0 fully saturated rings. The number of rotatable bonds is 4. The van der Waals surface area contributed by atoms with E-state index in [-0.39, 0.29) is 5.91 Å². The summed E-state index contributed by atoms with van der Waals surface area (Å²) in [4.78, 5) is 16.7. The number of aromatic nitrogens is 1. The number of carbonyl (C=O) groups is 1. The summed E-state index contributed by atoms with van der Waals surface area (Å²) < 4.78 is 5.86. The van der Waals surface area contributed by atoms with Gasteiger partial charge in [-0.2, -0.15) is 0 Å². The maximum absolute atomic E-state index is 12.2. The molecule has 132 valence electrons. The minimum atomic E-state index is -0.191. The zero-order valence-electron chi connectivity index (χ0n) is 14.8. The third kappa shape index (κ3) is 3.96. The Balaban J connectivity index is 1.53. The molecule has 1 N–H and O–H groups in total. The summed E-state index contributed by atoms with van der Waals surface area (Å²) in [7, 11) is 0. The molecule has 1 heterocycles. The lowest BCUT2D eigenvalue weighted by molar-refractivity contribution is -0.111. The van der Waals surface area contributed by atoms with Crippen LogP contribution >= 0.6 is 0 Å². The van der Waals surface area contributed by atoms with E-state index in [2.05, 4.69) is 10.3 Å². The van der Waals surface area contributed by atoms with Gasteiger partial charge in [0.15, 0.2) is 5.58 Å². The lowest BCUT2D eigenvalue weighted by atomic mass is 10.2. The fourth-order valence-electron chi connectivity index (χ4n) is 2.81. The monoisotopic (exact) mass is 354 g/mol. The molecule has 0 saturated heterocycles. The molecular weight excluding hydrogens is 336 g/mol. The minimum absolute atomic E-state index is 0.191. The van der Waals surface area contributed by atoms with E-state index >= 15 is 0 Å². The van der Waals surface area contributed by atoms with Gasteiger partial charge in [0.2, 0.25) is 11.8 Å². The number of hydrogen-bond acceptors (Lipinski definition) is 3. The zero-order chi connectivity index (χ0) is 18.6. The van der Waals surface area contributed by atoms with Crippen LogP contribution in [0.5, 0.6) is 0 Å². The van der Waals surface area contributed by atoms with Gasteiger partial charge in [-0.15, -0.1) is 0 Å². The van der Waals surface area contributed by atoms with E-state index in [4.69, 9.17) is 4.42 Å². The van der Waals surface area contributed by atoms with Crippen LogP contribution in [0.1, 0.15) is 11.1 Å². The number of oxazole rings is 1. The molecule has 4 rings (SSSR count). The smallest absolute Gasteiger partial charge is 0.248 e. The molecule has 3 aromatic carbocycles. The predicted molar refractivity (Wildman–Crippen MR) is 108 cm³/mol. The zero-order valence-corrected chi connectivity index (χ0v) is 14.8. The van der Waals surface area contributed by atoms with Gasteiger partial charge in [0.25, 0.3) is 0 Å². The average Bonchev–Trinajstić information content (AvgIpc) is 3.11. The van der Waals surface area contributed by atoms with Crippen LogP contribution in [0.3, 0.4) is 0 Å². The average molecular weight is 354 g/mol. The topological polar surface area (TPSA) is 55.1 Å². The second-order valence-corrected chi connectivity index (χ2v) is 6.30. The first kappa shape index (κ1) is 16.8. The molecule has 0 aliphatic heterocycles. The van der Waals surface area contributed by atoms with Crippen LogP contribution in [-0.2, 0) is 4.79 Å². The molecule has 1 aromatic heterocycles. The molecule has 0 unspecified atom stereocenters. The van der Waals surface area contributed by atoms with Crippen molar-refractivity contribution in [2.45, 2.75) is 6.92 Å². The summed E-state index contributed by atoms with van der Waals surface area (Å²) in [6.07, 6.45) is 3.30. The van der Waals surface area contributed by atoms with Crippen molar-refractivity contribution in [3.8, 4) is 11.5 Å². The summed E-state index contributed by atoms with van der Waals surface area (Å²) in [6, 6.07) is 23.1. The van der Waals surface area contributed by atoms with Crippen molar-refractivity contribution in [1.82, 2.24) is 4.98 Å². The summed E-state index contributed by atoms with van der Waals surface area (Å²) >= 11 is 0. The second kappa shape index (κ2) is 7.30. The van der Waals surface area contributed by atoms with Crippen LogP contribution in [-0.4, -0.2) is 10.9 Å². The number of nitrogens with zero attached hydrogens (tertiary/aromatic N) is 1. The second-order valence-electron chi connectivity index (χ2n) is 6.30. The fraction of sp³-hybridized carbons (Fsp3) is 0.0435. The van der Waals surface area contributed by atoms with E-state index in [0.29, 0.717) is 11.6 Å². The Labute approximate surface area is 157 Å². The van der Waals surface area contributed by atoms with Crippen molar-refractivity contribution in [2.24, 2.45) is 0 Å². The van der Waals surface area contributed by atoms with Crippen molar-refractivity contribution in [2.75, 3.05) is 5.32 Å². The molecule has 4 nitrogen and oxygen atoms in total. The van der Waals surface area contributed by atoms with Crippen molar-refractivity contribution in [3.05, 3.63) is 90.0 Å². The number of hydrogen-bond donors (Lipinski definition) is 1. The lowest BCUT2D eigenvalue weighted by Gasteiger charge is -2.03. The standard InChI is InChI=1S/C23H18N2O2/c1-16-10-12-20-21(14-16)27-23(25-20)18-8-5-9-19(15-18)24-22(26)13-11-17-6-3-2-4-7-17/h2-15H,1H3,(H,24,26). The highest BCUT2D eigenvalue weighted by Crippen LogP contribution is 2.26. The van der Waals surface area contributed by atoms with Gasteiger partial charge in [-0.1, -0.05) is 42.5 Å². The van der Waals surface area contributed by atoms with Gasteiger partial charge in [0.05, 0.1) is 0 Å². The Bertz CT molecular complexity index is 1130. The normalized spacial score (nSPS) is 11.1. The molecular formula is C23H18N2O2. The van der Waals surface area contributed by atoms with Crippen LogP contribution in [0.2, 0.25) is 0 Å². The van der Waals surface area contributed by atoms with E-state index in [1.54, 1.807) is 6.08 Å². The Kier molecular flexibility index (Phi) is 4.54. The first-order valence-corrected chi connectivity index (χ1v) is 8.69. The van der Waals surface area contributed by atoms with Gasteiger partial charge in [0.1, 0.15) is 5.52 Å². The lowest BCUT2D eigenvalue weighted by Crippen LogP contribution is -2.07. The SMILES string of the molecule is Cc1ccc2nc(-c3cccc(NC(=O)C=Cc4ccccc4)c3)oc2c1. The first-order valence-electron chi connectivity index (χ1n) is 8.69. The van der Waals surface area contributed by atoms with Crippen LogP contribution < -0.4 is 5.32 Å². The predicted octanol–water partition coefficient (Wildman–Crippen LogP) is 5.46. The molecule has 0 saturated carbocycles. The highest BCUT2D eigenvalue weighted by molar-refractivity contribution is 6.02. The molecule has 0 radical (unpaired) electrons. The molecule has 4 aromatic rings. The molecule has 0 spiro atoms. The highest BCUT2D eigenvalue weighted by atomic mass is 16.3. The summed E-state index contributed by atoms with van der Waals surface area (Å²) in [5.74, 6) is 0.343. The number of anilines is 1. The summed E-state index contributed by atoms with van der Waals surface area (Å²) in [5, 5.41) is 2.87. The summed E-state index contributed by atoms with van der Waals surface area (Å²) in [6.45, 7) is 2.01. The Morgan fingerprint density at radius 3 is 2.70 bits per heavy atom. The van der Waals surface area contributed by atoms with Gasteiger partial charge in [-0.25, -0.2) is 4.98 Å². The van der Waals surface area contributed by atoms with E-state index in [0.717, 1.165) is 27.8 Å². The van der Waals surface area contributed by atoms with Crippen molar-refractivity contribution in [1.29, 1.82) is 0 Å². The van der Waals surface area contributed by atoms with Gasteiger partial charge < -0.3 is 9.73 Å². The quantitative estimate of drug-likeness (QED) is 0.495. The Morgan fingerprint density at radius 2 is 1.85 bits per heavy atom. The highest BCUT2D eigenvalue weighted by Gasteiger charge is 2.09. The van der Waals surface area contributed by atoms with Crippen LogP contribution in [0.4, 0.5) is 5.69 Å². The van der Waals surface area contributed by atoms with Crippen molar-refractivity contribution >= 4 is 28.8 Å². The maximum atomic E-state index is 12.2. The molecule has 0 aliphatic carbocycles. The maximum Gasteiger partial charge on any atom is 0.248 e. The summed E-state index contributed by atoms with van der Waals surface area (Å²) in [5.41, 5.74) is 5.17. The number of nitrogens with one attached hydrogen (secondary N) is 1. The number of carbonyl (C=O) groups excluding carboxylic acids is 1. The van der Waals surface area contributed by atoms with Crippen molar-refractivity contribution in [3.63, 3.8) is 0 Å². The molecule has 4 heteroatoms. The van der Waals surface area contributed by atoms with Gasteiger partial charge in [0, 0.05) is 17.3 Å². The van der Waals surface area contributed by atoms with E-state index in [9.17, 15) is 4.79 Å². The van der Waals surface area contributed by atoms with Crippen LogP contribution in [0, 0.1) is 6.92 Å². The molecule has 0 bridgehead atoms. The van der Waals surface area contributed by atoms with Crippen LogP contribution in [0.15, 0.2) is 83.3 Å². The number of fused-ring (bicyclic) bond motifs is 1. The molecule has 1 amide bonds. The number of aryl methyl sites for hydroxylation is 1. The van der Waals surface area contributed by atoms with E-state index < -0.39 is 0 Å². The van der Waals surface area contributed by atoms with E-state index in [1.807, 2.05) is 79.7 Å². The minimum Gasteiger partial charge on any atom is -0.436 e. The first-order chi connectivity index (χ1) is 13.2. The van der Waals surface area contributed by atoms with E-state index in [1.165, 1.54) is 6.08 Å². The number of benzene rings is 3. The van der Waals surface area contributed by atoms with Gasteiger partial charge >= 0.3 is 0 Å². The van der Waals surface area contributed by atoms with Crippen LogP contribution in [0.25, 0.3) is 28.6 Å². The fourth-order valence-corrected chi connectivity index (χ4v) is 2.81. The molecule has 0 atom stereocenters. The third-order valence-corrected chi connectivity index (χ3v) is 4.15.